The Kier molecular flexibility index (Phi) is 5.33. The number of halogens is 3. The van der Waals surface area contributed by atoms with E-state index in [9.17, 15) is 23.2 Å². The molecule has 1 aromatic carbocycles. The number of hydrogen-bond donors (Lipinski definition) is 2. The Hall–Kier alpha value is -3.72. The Morgan fingerprint density at radius 2 is 2.03 bits per heavy atom. The lowest BCUT2D eigenvalue weighted by molar-refractivity contribution is -0.173. The van der Waals surface area contributed by atoms with Gasteiger partial charge >= 0.3 is 6.18 Å². The van der Waals surface area contributed by atoms with Crippen molar-refractivity contribution >= 4 is 28.1 Å². The Morgan fingerprint density at radius 3 is 2.83 bits per heavy atom. The van der Waals surface area contributed by atoms with E-state index in [2.05, 4.69) is 21.8 Å². The quantitative estimate of drug-likeness (QED) is 0.489. The molecular weight excluding hydrogens is 495 g/mol. The fraction of sp³-hybridized carbons (Fsp3) is 0.375. The third-order valence-electron chi connectivity index (χ3n) is 6.73. The lowest BCUT2D eigenvalue weighted by Gasteiger charge is -2.33. The van der Waals surface area contributed by atoms with E-state index in [4.69, 9.17) is 9.47 Å². The van der Waals surface area contributed by atoms with Gasteiger partial charge in [-0.15, -0.1) is 11.3 Å². The summed E-state index contributed by atoms with van der Waals surface area (Å²) in [5.41, 5.74) is 1.84. The Balaban J connectivity index is 1.30. The topological polar surface area (TPSA) is 101 Å². The maximum absolute atomic E-state index is 14.0. The lowest BCUT2D eigenvalue weighted by atomic mass is 9.96. The zero-order chi connectivity index (χ0) is 25.0. The summed E-state index contributed by atoms with van der Waals surface area (Å²) in [6, 6.07) is 5.90. The van der Waals surface area contributed by atoms with Gasteiger partial charge in [-0.05, 0) is 48.9 Å². The van der Waals surface area contributed by atoms with Crippen molar-refractivity contribution < 1.29 is 27.4 Å². The van der Waals surface area contributed by atoms with Crippen LogP contribution in [0, 0.1) is 11.3 Å². The minimum Gasteiger partial charge on any atom is -0.454 e. The highest BCUT2D eigenvalue weighted by molar-refractivity contribution is 7.16. The first-order chi connectivity index (χ1) is 17.3. The summed E-state index contributed by atoms with van der Waals surface area (Å²) < 4.78 is 53.6. The van der Waals surface area contributed by atoms with E-state index < -0.39 is 24.2 Å². The molecule has 6 rings (SSSR count). The van der Waals surface area contributed by atoms with Gasteiger partial charge in [-0.2, -0.15) is 23.5 Å². The van der Waals surface area contributed by atoms with Crippen molar-refractivity contribution in [1.29, 1.82) is 5.26 Å². The van der Waals surface area contributed by atoms with Crippen LogP contribution in [0.15, 0.2) is 24.3 Å². The standard InChI is InChI=1S/C24H20F3N5O3S/c25-24(26,27)20-8-15(12-5-6-17-18(7-12)35-11-34-17)29-21-9-16(31-32(20)21)22(33)30-23-14(10-28)13-3-1-2-4-19(13)36-23/h5-7,9,15,20,29H,1-4,8,11H2,(H,30,33)/t15-,20+/m1/s1. The van der Waals surface area contributed by atoms with Crippen LogP contribution in [0.3, 0.4) is 0 Å². The highest BCUT2D eigenvalue weighted by Gasteiger charge is 2.47. The van der Waals surface area contributed by atoms with Gasteiger partial charge in [0.1, 0.15) is 16.9 Å². The number of alkyl halides is 3. The van der Waals surface area contributed by atoms with Crippen LogP contribution in [0.25, 0.3) is 0 Å². The predicted molar refractivity (Wildman–Crippen MR) is 124 cm³/mol. The molecule has 0 saturated carbocycles. The second-order valence-corrected chi connectivity index (χ2v) is 10.0. The van der Waals surface area contributed by atoms with Crippen LogP contribution < -0.4 is 20.1 Å². The summed E-state index contributed by atoms with van der Waals surface area (Å²) in [4.78, 5) is 14.1. The zero-order valence-corrected chi connectivity index (χ0v) is 19.6. The van der Waals surface area contributed by atoms with Crippen LogP contribution in [0.1, 0.15) is 63.4 Å². The predicted octanol–water partition coefficient (Wildman–Crippen LogP) is 5.34. The van der Waals surface area contributed by atoms with Gasteiger partial charge in [-0.25, -0.2) is 4.68 Å². The molecule has 2 atom stereocenters. The number of aryl methyl sites for hydroxylation is 1. The van der Waals surface area contributed by atoms with Crippen LogP contribution in [0.5, 0.6) is 11.5 Å². The van der Waals surface area contributed by atoms with Crippen LogP contribution >= 0.6 is 11.3 Å². The highest BCUT2D eigenvalue weighted by atomic mass is 32.1. The summed E-state index contributed by atoms with van der Waals surface area (Å²) in [7, 11) is 0. The van der Waals surface area contributed by atoms with E-state index >= 15 is 0 Å². The number of carbonyl (C=O) groups is 1. The molecule has 1 amide bonds. The number of rotatable bonds is 3. The van der Waals surface area contributed by atoms with Gasteiger partial charge in [-0.1, -0.05) is 6.07 Å². The average molecular weight is 516 g/mol. The minimum atomic E-state index is -4.58. The number of nitrogens with zero attached hydrogens (tertiary/aromatic N) is 3. The fourth-order valence-electron chi connectivity index (χ4n) is 4.97. The van der Waals surface area contributed by atoms with E-state index in [1.54, 1.807) is 18.2 Å². The van der Waals surface area contributed by atoms with Crippen molar-refractivity contribution in [2.45, 2.75) is 50.4 Å². The van der Waals surface area contributed by atoms with Gasteiger partial charge in [0.2, 0.25) is 6.79 Å². The second kappa shape index (κ2) is 8.44. The van der Waals surface area contributed by atoms with Gasteiger partial charge in [0.25, 0.3) is 5.91 Å². The number of anilines is 2. The first kappa shape index (κ1) is 22.7. The fourth-order valence-corrected chi connectivity index (χ4v) is 6.21. The van der Waals surface area contributed by atoms with E-state index in [1.807, 2.05) is 0 Å². The number of benzene rings is 1. The molecule has 0 saturated heterocycles. The molecule has 4 heterocycles. The number of hydrogen-bond acceptors (Lipinski definition) is 7. The number of nitrogens with one attached hydrogen (secondary N) is 2. The van der Waals surface area contributed by atoms with Crippen molar-refractivity contribution in [1.82, 2.24) is 9.78 Å². The number of nitriles is 1. The van der Waals surface area contributed by atoms with Gasteiger partial charge in [0.15, 0.2) is 23.2 Å². The SMILES string of the molecule is N#Cc1c(NC(=O)c2cc3n(n2)[C@H](C(F)(F)F)C[C@H](c2ccc4c(c2)OCO4)N3)sc2c1CCCC2. The molecule has 12 heteroatoms. The number of aromatic nitrogens is 2. The second-order valence-electron chi connectivity index (χ2n) is 8.94. The first-order valence-corrected chi connectivity index (χ1v) is 12.3. The van der Waals surface area contributed by atoms with E-state index in [1.165, 1.54) is 17.4 Å². The van der Waals surface area contributed by atoms with Crippen LogP contribution in [-0.2, 0) is 12.8 Å². The third-order valence-corrected chi connectivity index (χ3v) is 7.94. The zero-order valence-electron chi connectivity index (χ0n) is 18.8. The number of fused-ring (bicyclic) bond motifs is 3. The highest BCUT2D eigenvalue weighted by Crippen LogP contribution is 2.45. The monoisotopic (exact) mass is 515 g/mol. The minimum absolute atomic E-state index is 0.0635. The van der Waals surface area contributed by atoms with Crippen LogP contribution in [-0.4, -0.2) is 28.7 Å². The molecule has 0 spiro atoms. The van der Waals surface area contributed by atoms with Gasteiger partial charge in [-0.3, -0.25) is 4.79 Å². The molecule has 0 unspecified atom stereocenters. The molecule has 0 fully saturated rings. The third kappa shape index (κ3) is 3.83. The molecule has 2 aromatic heterocycles. The number of carbonyl (C=O) groups excluding carboxylic acids is 1. The maximum atomic E-state index is 14.0. The summed E-state index contributed by atoms with van der Waals surface area (Å²) in [5, 5.41) is 19.9. The van der Waals surface area contributed by atoms with Crippen molar-refractivity contribution in [3.05, 3.63) is 51.5 Å². The van der Waals surface area contributed by atoms with E-state index in [0.717, 1.165) is 40.8 Å². The lowest BCUT2D eigenvalue weighted by Crippen LogP contribution is -2.35. The number of ether oxygens (including phenoxy) is 2. The molecule has 2 aliphatic heterocycles. The molecule has 2 N–H and O–H groups in total. The molecule has 0 radical (unpaired) electrons. The summed E-state index contributed by atoms with van der Waals surface area (Å²) in [6.07, 6.45) is -1.26. The number of amides is 1. The molecule has 1 aliphatic carbocycles. The van der Waals surface area contributed by atoms with Gasteiger partial charge in [0.05, 0.1) is 11.6 Å². The van der Waals surface area contributed by atoms with Crippen LogP contribution in [0.2, 0.25) is 0 Å². The Morgan fingerprint density at radius 1 is 1.22 bits per heavy atom. The van der Waals surface area contributed by atoms with Crippen molar-refractivity contribution in [3.8, 4) is 17.6 Å². The molecular formula is C24H20F3N5O3S. The first-order valence-electron chi connectivity index (χ1n) is 11.5. The largest absolute Gasteiger partial charge is 0.454 e. The van der Waals surface area contributed by atoms with Crippen LogP contribution in [0.4, 0.5) is 24.0 Å². The summed E-state index contributed by atoms with van der Waals surface area (Å²) in [5.74, 6) is 0.443. The normalized spacial score (nSPS) is 20.2. The number of thiophene rings is 1. The maximum Gasteiger partial charge on any atom is 0.410 e. The van der Waals surface area contributed by atoms with E-state index in [-0.39, 0.29) is 24.7 Å². The molecule has 36 heavy (non-hydrogen) atoms. The molecule has 0 bridgehead atoms. The Labute approximate surface area is 207 Å². The average Bonchev–Trinajstić information content (AvgIpc) is 3.58. The van der Waals surface area contributed by atoms with E-state index in [0.29, 0.717) is 27.6 Å². The summed E-state index contributed by atoms with van der Waals surface area (Å²) in [6.45, 7) is 0.0635. The smallest absolute Gasteiger partial charge is 0.410 e. The molecule has 3 aromatic rings. The molecule has 3 aliphatic rings. The summed E-state index contributed by atoms with van der Waals surface area (Å²) >= 11 is 1.35. The van der Waals surface area contributed by atoms with Crippen molar-refractivity contribution in [2.75, 3.05) is 17.4 Å². The molecule has 186 valence electrons. The van der Waals surface area contributed by atoms with Gasteiger partial charge in [0, 0.05) is 17.4 Å². The van der Waals surface area contributed by atoms with Crippen molar-refractivity contribution in [2.24, 2.45) is 0 Å². The Bertz CT molecular complexity index is 1410. The van der Waals surface area contributed by atoms with Crippen molar-refractivity contribution in [3.63, 3.8) is 0 Å². The van der Waals surface area contributed by atoms with Gasteiger partial charge < -0.3 is 20.1 Å². The molecule has 8 nitrogen and oxygen atoms in total.